The fraction of sp³-hybridized carbons (Fsp3) is 0.588. The van der Waals surface area contributed by atoms with Crippen LogP contribution in [0.4, 0.5) is 0 Å². The van der Waals surface area contributed by atoms with Crippen molar-refractivity contribution in [2.24, 2.45) is 0 Å². The number of carbonyl (C=O) groups is 1. The monoisotopic (exact) mass is 351 g/mol. The number of sulfonamides is 1. The van der Waals surface area contributed by atoms with E-state index in [9.17, 15) is 13.2 Å². The Morgan fingerprint density at radius 1 is 1.17 bits per heavy atom. The predicted octanol–water partition coefficient (Wildman–Crippen LogP) is 0.237. The average Bonchev–Trinajstić information content (AvgIpc) is 2.59. The molecule has 1 fully saturated rings. The molecule has 132 valence electrons. The van der Waals surface area contributed by atoms with Crippen LogP contribution in [0.5, 0.6) is 0 Å². The summed E-state index contributed by atoms with van der Waals surface area (Å²) in [6, 6.07) is 9.20. The highest BCUT2D eigenvalue weighted by atomic mass is 32.2. The maximum absolute atomic E-state index is 12.1. The highest BCUT2D eigenvalue weighted by Crippen LogP contribution is 2.25. The maximum atomic E-state index is 12.1. The molecule has 0 aromatic heterocycles. The van der Waals surface area contributed by atoms with Crippen LogP contribution in [-0.2, 0) is 27.7 Å². The SMILES string of the molecule is CS(=O)(=O)NCC(=O)N1CCN(C2CCc3ccccc3C2)CC1. The Morgan fingerprint density at radius 2 is 1.83 bits per heavy atom. The molecule has 0 bridgehead atoms. The number of nitrogens with one attached hydrogen (secondary N) is 1. The minimum absolute atomic E-state index is 0.143. The minimum atomic E-state index is -3.32. The number of fused-ring (bicyclic) bond motifs is 1. The largest absolute Gasteiger partial charge is 0.339 e. The van der Waals surface area contributed by atoms with Crippen molar-refractivity contribution in [1.29, 1.82) is 0 Å². The van der Waals surface area contributed by atoms with Crippen LogP contribution in [-0.4, -0.2) is 69.1 Å². The molecule has 1 heterocycles. The van der Waals surface area contributed by atoms with Gasteiger partial charge in [-0.05, 0) is 30.4 Å². The molecule has 0 saturated carbocycles. The topological polar surface area (TPSA) is 69.7 Å². The van der Waals surface area contributed by atoms with E-state index in [0.717, 1.165) is 32.2 Å². The normalized spacial score (nSPS) is 22.2. The Hall–Kier alpha value is -1.44. The molecule has 0 radical (unpaired) electrons. The second-order valence-electron chi connectivity index (χ2n) is 6.68. The smallest absolute Gasteiger partial charge is 0.237 e. The molecule has 24 heavy (non-hydrogen) atoms. The van der Waals surface area contributed by atoms with Gasteiger partial charge in [0.2, 0.25) is 15.9 Å². The summed E-state index contributed by atoms with van der Waals surface area (Å²) in [6.07, 6.45) is 4.44. The maximum Gasteiger partial charge on any atom is 0.237 e. The van der Waals surface area contributed by atoms with Crippen LogP contribution in [0.25, 0.3) is 0 Å². The zero-order chi connectivity index (χ0) is 17.2. The first-order valence-corrected chi connectivity index (χ1v) is 10.3. The predicted molar refractivity (Wildman–Crippen MR) is 93.3 cm³/mol. The molecule has 1 amide bonds. The van der Waals surface area contributed by atoms with Gasteiger partial charge >= 0.3 is 0 Å². The first kappa shape index (κ1) is 17.4. The third kappa shape index (κ3) is 4.34. The molecule has 7 heteroatoms. The van der Waals surface area contributed by atoms with Gasteiger partial charge in [0.05, 0.1) is 12.8 Å². The van der Waals surface area contributed by atoms with Gasteiger partial charge in [-0.25, -0.2) is 13.1 Å². The molecule has 1 aliphatic carbocycles. The van der Waals surface area contributed by atoms with Crippen LogP contribution in [0, 0.1) is 0 Å². The molecule has 1 N–H and O–H groups in total. The van der Waals surface area contributed by atoms with Gasteiger partial charge in [0, 0.05) is 32.2 Å². The van der Waals surface area contributed by atoms with Crippen molar-refractivity contribution >= 4 is 15.9 Å². The van der Waals surface area contributed by atoms with Crippen molar-refractivity contribution < 1.29 is 13.2 Å². The van der Waals surface area contributed by atoms with Gasteiger partial charge in [0.25, 0.3) is 0 Å². The summed E-state index contributed by atoms with van der Waals surface area (Å²) >= 11 is 0. The molecule has 6 nitrogen and oxygen atoms in total. The lowest BCUT2D eigenvalue weighted by Gasteiger charge is -2.41. The van der Waals surface area contributed by atoms with Gasteiger partial charge in [0.15, 0.2) is 0 Å². The zero-order valence-electron chi connectivity index (χ0n) is 14.1. The summed E-state index contributed by atoms with van der Waals surface area (Å²) in [5, 5.41) is 0. The molecule has 3 rings (SSSR count). The lowest BCUT2D eigenvalue weighted by molar-refractivity contribution is -0.132. The fourth-order valence-corrected chi connectivity index (χ4v) is 4.02. The van der Waals surface area contributed by atoms with Gasteiger partial charge in [-0.3, -0.25) is 9.69 Å². The Labute approximate surface area is 143 Å². The van der Waals surface area contributed by atoms with Gasteiger partial charge in [0.1, 0.15) is 0 Å². The van der Waals surface area contributed by atoms with E-state index in [1.807, 2.05) is 0 Å². The van der Waals surface area contributed by atoms with Crippen molar-refractivity contribution in [2.45, 2.75) is 25.3 Å². The van der Waals surface area contributed by atoms with Crippen molar-refractivity contribution in [2.75, 3.05) is 39.0 Å². The fourth-order valence-electron chi connectivity index (χ4n) is 3.63. The number of hydrogen-bond donors (Lipinski definition) is 1. The lowest BCUT2D eigenvalue weighted by Crippen LogP contribution is -2.54. The first-order valence-electron chi connectivity index (χ1n) is 8.45. The molecular formula is C17H25N3O3S. The second kappa shape index (κ2) is 7.21. The van der Waals surface area contributed by atoms with Crippen molar-refractivity contribution in [3.05, 3.63) is 35.4 Å². The van der Waals surface area contributed by atoms with E-state index >= 15 is 0 Å². The molecule has 2 aliphatic rings. The van der Waals surface area contributed by atoms with Crippen LogP contribution in [0.1, 0.15) is 17.5 Å². The van der Waals surface area contributed by atoms with E-state index in [1.165, 1.54) is 17.5 Å². The molecule has 1 aromatic carbocycles. The summed E-state index contributed by atoms with van der Waals surface area (Å²) in [6.45, 7) is 2.91. The lowest BCUT2D eigenvalue weighted by atomic mass is 9.87. The number of piperazine rings is 1. The highest BCUT2D eigenvalue weighted by molar-refractivity contribution is 7.88. The van der Waals surface area contributed by atoms with Crippen LogP contribution in [0.3, 0.4) is 0 Å². The van der Waals surface area contributed by atoms with E-state index in [2.05, 4.69) is 33.9 Å². The van der Waals surface area contributed by atoms with E-state index in [-0.39, 0.29) is 12.5 Å². The van der Waals surface area contributed by atoms with Crippen LogP contribution >= 0.6 is 0 Å². The summed E-state index contributed by atoms with van der Waals surface area (Å²) in [5.74, 6) is -0.144. The molecule has 1 atom stereocenters. The molecule has 1 aliphatic heterocycles. The number of amides is 1. The van der Waals surface area contributed by atoms with Crippen LogP contribution in [0.15, 0.2) is 24.3 Å². The number of rotatable bonds is 4. The van der Waals surface area contributed by atoms with Gasteiger partial charge in [-0.1, -0.05) is 24.3 Å². The number of carbonyl (C=O) groups excluding carboxylic acids is 1. The summed E-state index contributed by atoms with van der Waals surface area (Å²) in [7, 11) is -3.32. The Morgan fingerprint density at radius 3 is 2.50 bits per heavy atom. The third-order valence-electron chi connectivity index (χ3n) is 4.99. The second-order valence-corrected chi connectivity index (χ2v) is 8.51. The van der Waals surface area contributed by atoms with E-state index in [0.29, 0.717) is 19.1 Å². The van der Waals surface area contributed by atoms with E-state index < -0.39 is 10.0 Å². The number of hydrogen-bond acceptors (Lipinski definition) is 4. The molecule has 1 saturated heterocycles. The Kier molecular flexibility index (Phi) is 5.22. The van der Waals surface area contributed by atoms with E-state index in [4.69, 9.17) is 0 Å². The molecule has 0 spiro atoms. The standard InChI is InChI=1S/C17H25N3O3S/c1-24(22,23)18-13-17(21)20-10-8-19(9-11-20)16-7-6-14-4-2-3-5-15(14)12-16/h2-5,16,18H,6-13H2,1H3. The Bertz CT molecular complexity index is 697. The number of aryl methyl sites for hydroxylation is 1. The van der Waals surface area contributed by atoms with Crippen LogP contribution < -0.4 is 4.72 Å². The summed E-state index contributed by atoms with van der Waals surface area (Å²) in [5.41, 5.74) is 2.92. The average molecular weight is 351 g/mol. The quantitative estimate of drug-likeness (QED) is 0.844. The van der Waals surface area contributed by atoms with Crippen molar-refractivity contribution in [3.63, 3.8) is 0 Å². The molecule has 1 unspecified atom stereocenters. The van der Waals surface area contributed by atoms with E-state index in [1.54, 1.807) is 4.90 Å². The molecule has 1 aromatic rings. The van der Waals surface area contributed by atoms with Gasteiger partial charge in [-0.15, -0.1) is 0 Å². The van der Waals surface area contributed by atoms with Crippen molar-refractivity contribution in [1.82, 2.24) is 14.5 Å². The third-order valence-corrected chi connectivity index (χ3v) is 5.66. The molecular weight excluding hydrogens is 326 g/mol. The minimum Gasteiger partial charge on any atom is -0.339 e. The zero-order valence-corrected chi connectivity index (χ0v) is 14.9. The highest BCUT2D eigenvalue weighted by Gasteiger charge is 2.28. The van der Waals surface area contributed by atoms with Crippen LogP contribution in [0.2, 0.25) is 0 Å². The van der Waals surface area contributed by atoms with Gasteiger partial charge < -0.3 is 4.90 Å². The van der Waals surface area contributed by atoms with Crippen molar-refractivity contribution in [3.8, 4) is 0 Å². The summed E-state index contributed by atoms with van der Waals surface area (Å²) in [4.78, 5) is 16.3. The first-order chi connectivity index (χ1) is 11.4. The Balaban J connectivity index is 1.50. The summed E-state index contributed by atoms with van der Waals surface area (Å²) < 4.78 is 24.4. The van der Waals surface area contributed by atoms with Gasteiger partial charge in [-0.2, -0.15) is 0 Å². The number of nitrogens with zero attached hydrogens (tertiary/aromatic N) is 2. The number of benzene rings is 1.